The number of piperidine rings is 2. The van der Waals surface area contributed by atoms with Crippen LogP contribution in [0.5, 0.6) is 0 Å². The standard InChI is InChI=1S/C33H48N2/c1-5-13-29-24-32(30-15-9-7-10-16-30)26-33(25-29)17-21-35(22-18-33)28(4)31(14-6-2)23-27(3)34-19-11-8-12-20-34/h6-7,9-10,14-16,23,29,32H,3-5,8,11-13,17-22,24-26H2,1-2H3/b14-6-,31-23+. The quantitative estimate of drug-likeness (QED) is 0.350. The van der Waals surface area contributed by atoms with Gasteiger partial charge in [-0.25, -0.2) is 0 Å². The second-order valence-electron chi connectivity index (χ2n) is 11.5. The zero-order chi connectivity index (χ0) is 24.7. The molecule has 35 heavy (non-hydrogen) atoms. The number of benzene rings is 1. The van der Waals surface area contributed by atoms with Crippen molar-refractivity contribution in [3.05, 3.63) is 84.2 Å². The lowest BCUT2D eigenvalue weighted by atomic mass is 9.59. The second-order valence-corrected chi connectivity index (χ2v) is 11.5. The van der Waals surface area contributed by atoms with E-state index in [9.17, 15) is 0 Å². The van der Waals surface area contributed by atoms with E-state index >= 15 is 0 Å². The third-order valence-corrected chi connectivity index (χ3v) is 8.96. The Balaban J connectivity index is 1.44. The van der Waals surface area contributed by atoms with E-state index in [0.717, 1.165) is 43.7 Å². The van der Waals surface area contributed by atoms with E-state index < -0.39 is 0 Å². The molecule has 0 radical (unpaired) electrons. The van der Waals surface area contributed by atoms with Gasteiger partial charge in [0, 0.05) is 37.6 Å². The Kier molecular flexibility index (Phi) is 8.98. The fraction of sp³-hybridized carbons (Fsp3) is 0.576. The molecular weight excluding hydrogens is 424 g/mol. The minimum Gasteiger partial charge on any atom is -0.372 e. The fourth-order valence-corrected chi connectivity index (χ4v) is 7.10. The van der Waals surface area contributed by atoms with Crippen LogP contribution in [0.1, 0.15) is 89.5 Å². The largest absolute Gasteiger partial charge is 0.372 e. The zero-order valence-electron chi connectivity index (χ0n) is 22.5. The van der Waals surface area contributed by atoms with Gasteiger partial charge >= 0.3 is 0 Å². The highest BCUT2D eigenvalue weighted by atomic mass is 15.2. The minimum atomic E-state index is 0.497. The van der Waals surface area contributed by atoms with Crippen LogP contribution in [-0.4, -0.2) is 36.0 Å². The Labute approximate surface area is 215 Å². The maximum absolute atomic E-state index is 4.58. The highest BCUT2D eigenvalue weighted by Gasteiger charge is 2.42. The fourth-order valence-electron chi connectivity index (χ4n) is 7.10. The van der Waals surface area contributed by atoms with Crippen molar-refractivity contribution in [2.45, 2.75) is 84.0 Å². The minimum absolute atomic E-state index is 0.497. The smallest absolute Gasteiger partial charge is 0.0367 e. The monoisotopic (exact) mass is 472 g/mol. The van der Waals surface area contributed by atoms with Gasteiger partial charge < -0.3 is 9.80 Å². The van der Waals surface area contributed by atoms with Gasteiger partial charge in [0.25, 0.3) is 0 Å². The average Bonchev–Trinajstić information content (AvgIpc) is 2.89. The molecule has 1 saturated carbocycles. The van der Waals surface area contributed by atoms with Crippen molar-refractivity contribution in [3.63, 3.8) is 0 Å². The summed E-state index contributed by atoms with van der Waals surface area (Å²) < 4.78 is 0. The van der Waals surface area contributed by atoms with Gasteiger partial charge in [-0.05, 0) is 92.8 Å². The average molecular weight is 473 g/mol. The predicted molar refractivity (Wildman–Crippen MR) is 151 cm³/mol. The molecule has 1 aliphatic carbocycles. The molecule has 0 amide bonds. The van der Waals surface area contributed by atoms with E-state index in [1.54, 1.807) is 5.56 Å². The van der Waals surface area contributed by atoms with Crippen LogP contribution < -0.4 is 0 Å². The van der Waals surface area contributed by atoms with Gasteiger partial charge in [-0.2, -0.15) is 0 Å². The van der Waals surface area contributed by atoms with Crippen LogP contribution in [0.2, 0.25) is 0 Å². The molecule has 2 aliphatic heterocycles. The number of nitrogens with zero attached hydrogens (tertiary/aromatic N) is 2. The van der Waals surface area contributed by atoms with Crippen molar-refractivity contribution in [1.29, 1.82) is 0 Å². The lowest BCUT2D eigenvalue weighted by molar-refractivity contribution is 0.0453. The molecule has 1 aromatic rings. The van der Waals surface area contributed by atoms with Crippen molar-refractivity contribution in [3.8, 4) is 0 Å². The van der Waals surface area contributed by atoms with Crippen molar-refractivity contribution in [2.75, 3.05) is 26.2 Å². The molecule has 3 fully saturated rings. The van der Waals surface area contributed by atoms with Crippen molar-refractivity contribution < 1.29 is 0 Å². The molecule has 2 heteroatoms. The Morgan fingerprint density at radius 2 is 1.69 bits per heavy atom. The number of hydrogen-bond donors (Lipinski definition) is 0. The molecule has 2 unspecified atom stereocenters. The first-order valence-corrected chi connectivity index (χ1v) is 14.3. The first-order chi connectivity index (χ1) is 17.0. The number of rotatable bonds is 8. The molecule has 4 rings (SSSR count). The predicted octanol–water partition coefficient (Wildman–Crippen LogP) is 8.47. The Morgan fingerprint density at radius 3 is 2.34 bits per heavy atom. The zero-order valence-corrected chi connectivity index (χ0v) is 22.5. The molecule has 0 aromatic heterocycles. The summed E-state index contributed by atoms with van der Waals surface area (Å²) in [5.74, 6) is 1.60. The number of likely N-dealkylation sites (tertiary alicyclic amines) is 2. The molecule has 0 N–H and O–H groups in total. The maximum Gasteiger partial charge on any atom is 0.0367 e. The molecule has 2 heterocycles. The third kappa shape index (κ3) is 6.51. The molecule has 1 spiro atoms. The van der Waals surface area contributed by atoms with Crippen LogP contribution in [-0.2, 0) is 0 Å². The molecule has 0 bridgehead atoms. The summed E-state index contributed by atoms with van der Waals surface area (Å²) in [6.07, 6.45) is 20.0. The SMILES string of the molecule is C=C(/C=C(\C=C/C)C(=C)N1CCC2(CC1)CC(CCC)CC(c1ccccc1)C2)N1CCCCC1. The van der Waals surface area contributed by atoms with Crippen LogP contribution in [0.15, 0.2) is 78.7 Å². The summed E-state index contributed by atoms with van der Waals surface area (Å²) in [6, 6.07) is 11.3. The number of allylic oxidation sites excluding steroid dienone is 3. The first-order valence-electron chi connectivity index (χ1n) is 14.3. The first kappa shape index (κ1) is 25.9. The molecule has 3 aliphatic rings. The van der Waals surface area contributed by atoms with Gasteiger partial charge in [0.2, 0.25) is 0 Å². The van der Waals surface area contributed by atoms with Crippen molar-refractivity contribution in [1.82, 2.24) is 9.80 Å². The van der Waals surface area contributed by atoms with Gasteiger partial charge in [-0.3, -0.25) is 0 Å². The van der Waals surface area contributed by atoms with E-state index in [0.29, 0.717) is 5.41 Å². The normalized spacial score (nSPS) is 25.3. The molecule has 190 valence electrons. The highest BCUT2D eigenvalue weighted by Crippen LogP contribution is 2.53. The summed E-state index contributed by atoms with van der Waals surface area (Å²) in [5, 5.41) is 0. The van der Waals surface area contributed by atoms with Gasteiger partial charge in [-0.1, -0.05) is 75.4 Å². The summed E-state index contributed by atoms with van der Waals surface area (Å²) in [7, 11) is 0. The maximum atomic E-state index is 4.58. The molecule has 2 atom stereocenters. The topological polar surface area (TPSA) is 6.48 Å². The molecule has 2 saturated heterocycles. The summed E-state index contributed by atoms with van der Waals surface area (Å²) in [5.41, 5.74) is 5.62. The molecular formula is C33H48N2. The summed E-state index contributed by atoms with van der Waals surface area (Å²) in [4.78, 5) is 5.01. The van der Waals surface area contributed by atoms with E-state index in [2.05, 4.69) is 85.4 Å². The highest BCUT2D eigenvalue weighted by molar-refractivity contribution is 5.42. The lowest BCUT2D eigenvalue weighted by Gasteiger charge is -2.50. The summed E-state index contributed by atoms with van der Waals surface area (Å²) in [6.45, 7) is 18.0. The van der Waals surface area contributed by atoms with E-state index in [-0.39, 0.29) is 0 Å². The van der Waals surface area contributed by atoms with Gasteiger partial charge in [0.05, 0.1) is 0 Å². The second kappa shape index (κ2) is 12.2. The van der Waals surface area contributed by atoms with Crippen LogP contribution >= 0.6 is 0 Å². The van der Waals surface area contributed by atoms with E-state index in [4.69, 9.17) is 0 Å². The van der Waals surface area contributed by atoms with Crippen LogP contribution in [0.4, 0.5) is 0 Å². The molecule has 1 aromatic carbocycles. The van der Waals surface area contributed by atoms with Crippen LogP contribution in [0, 0.1) is 11.3 Å². The van der Waals surface area contributed by atoms with Gasteiger partial charge in [0.15, 0.2) is 0 Å². The third-order valence-electron chi connectivity index (χ3n) is 8.96. The Hall–Kier alpha value is -2.22. The van der Waals surface area contributed by atoms with Gasteiger partial charge in [-0.15, -0.1) is 0 Å². The van der Waals surface area contributed by atoms with Crippen LogP contribution in [0.3, 0.4) is 0 Å². The summed E-state index contributed by atoms with van der Waals surface area (Å²) >= 11 is 0. The van der Waals surface area contributed by atoms with Gasteiger partial charge in [0.1, 0.15) is 0 Å². The molecule has 2 nitrogen and oxygen atoms in total. The Bertz CT molecular complexity index is 894. The Morgan fingerprint density at radius 1 is 0.971 bits per heavy atom. The lowest BCUT2D eigenvalue weighted by Crippen LogP contribution is -2.43. The van der Waals surface area contributed by atoms with Crippen LogP contribution in [0.25, 0.3) is 0 Å². The van der Waals surface area contributed by atoms with Crippen molar-refractivity contribution >= 4 is 0 Å². The number of hydrogen-bond acceptors (Lipinski definition) is 2. The van der Waals surface area contributed by atoms with E-state index in [1.165, 1.54) is 75.5 Å². The van der Waals surface area contributed by atoms with E-state index in [1.807, 2.05) is 0 Å². The van der Waals surface area contributed by atoms with Crippen molar-refractivity contribution in [2.24, 2.45) is 11.3 Å².